The van der Waals surface area contributed by atoms with Crippen LogP contribution in [-0.4, -0.2) is 10.8 Å². The van der Waals surface area contributed by atoms with E-state index in [1.165, 1.54) is 22.5 Å². The molecule has 21 heavy (non-hydrogen) atoms. The number of ketones is 1. The van der Waals surface area contributed by atoms with Gasteiger partial charge in [0.1, 0.15) is 5.78 Å². The monoisotopic (exact) mass is 279 g/mol. The average molecular weight is 279 g/mol. The minimum Gasteiger partial charge on any atom is -0.361 e. The Bertz CT molecular complexity index is 626. The Hall–Kier alpha value is -2.09. The molecule has 0 amide bonds. The van der Waals surface area contributed by atoms with Crippen LogP contribution in [0.25, 0.3) is 0 Å². The first-order chi connectivity index (χ1) is 10.3. The maximum atomic E-state index is 12.0. The van der Waals surface area contributed by atoms with Crippen LogP contribution in [0.15, 0.2) is 48.6 Å². The Balaban J connectivity index is 1.95. The Kier molecular flexibility index (Phi) is 4.05. The number of carbonyl (C=O) groups excluding carboxylic acids is 1. The predicted molar refractivity (Wildman–Crippen MR) is 85.5 cm³/mol. The number of carbonyl (C=O) groups is 1. The number of hydrogen-bond acceptors (Lipinski definition) is 1. The molecule has 1 aliphatic rings. The molecule has 0 saturated heterocycles. The maximum absolute atomic E-state index is 12.0. The number of benzene rings is 1. The zero-order chi connectivity index (χ0) is 14.7. The third-order valence-electron chi connectivity index (χ3n) is 4.24. The first kappa shape index (κ1) is 13.9. The normalized spacial score (nSPS) is 14.7. The van der Waals surface area contributed by atoms with Crippen molar-refractivity contribution < 1.29 is 4.79 Å². The van der Waals surface area contributed by atoms with Crippen molar-refractivity contribution in [2.45, 2.75) is 38.5 Å². The van der Waals surface area contributed by atoms with E-state index < -0.39 is 0 Å². The summed E-state index contributed by atoms with van der Waals surface area (Å²) in [6.07, 6.45) is 7.57. The molecule has 0 unspecified atom stereocenters. The molecule has 2 aromatic rings. The van der Waals surface area contributed by atoms with Crippen molar-refractivity contribution in [2.75, 3.05) is 0 Å². The van der Waals surface area contributed by atoms with Gasteiger partial charge in [-0.05, 0) is 23.6 Å². The van der Waals surface area contributed by atoms with Crippen LogP contribution in [0.1, 0.15) is 48.2 Å². The second-order valence-corrected chi connectivity index (χ2v) is 5.67. The van der Waals surface area contributed by atoms with Crippen LogP contribution < -0.4 is 0 Å². The fourth-order valence-electron chi connectivity index (χ4n) is 2.99. The van der Waals surface area contributed by atoms with Crippen LogP contribution in [0.4, 0.5) is 0 Å². The summed E-state index contributed by atoms with van der Waals surface area (Å²) in [4.78, 5) is 15.5. The van der Waals surface area contributed by atoms with E-state index in [4.69, 9.17) is 0 Å². The van der Waals surface area contributed by atoms with E-state index in [1.54, 1.807) is 0 Å². The fourth-order valence-corrected chi connectivity index (χ4v) is 2.99. The van der Waals surface area contributed by atoms with E-state index in [1.807, 2.05) is 25.1 Å². The molecule has 0 radical (unpaired) electrons. The number of H-pyrrole nitrogens is 1. The van der Waals surface area contributed by atoms with Gasteiger partial charge in [0.25, 0.3) is 0 Å². The van der Waals surface area contributed by atoms with Crippen molar-refractivity contribution in [2.24, 2.45) is 0 Å². The van der Waals surface area contributed by atoms with Gasteiger partial charge in [0.2, 0.25) is 0 Å². The number of aromatic nitrogens is 1. The van der Waals surface area contributed by atoms with Crippen molar-refractivity contribution in [3.63, 3.8) is 0 Å². The quantitative estimate of drug-likeness (QED) is 0.819. The van der Waals surface area contributed by atoms with Crippen molar-refractivity contribution in [3.05, 3.63) is 71.1 Å². The molecule has 0 spiro atoms. The lowest BCUT2D eigenvalue weighted by molar-refractivity contribution is -0.119. The number of nitrogens with one attached hydrogen (secondary N) is 1. The van der Waals surface area contributed by atoms with Gasteiger partial charge in [-0.3, -0.25) is 4.79 Å². The van der Waals surface area contributed by atoms with Gasteiger partial charge < -0.3 is 4.98 Å². The van der Waals surface area contributed by atoms with Gasteiger partial charge in [0.15, 0.2) is 0 Å². The lowest BCUT2D eigenvalue weighted by Gasteiger charge is -2.15. The van der Waals surface area contributed by atoms with Gasteiger partial charge in [-0.1, -0.05) is 49.4 Å². The largest absolute Gasteiger partial charge is 0.361 e. The van der Waals surface area contributed by atoms with Gasteiger partial charge in [0.05, 0.1) is 0 Å². The summed E-state index contributed by atoms with van der Waals surface area (Å²) >= 11 is 0. The summed E-state index contributed by atoms with van der Waals surface area (Å²) in [6, 6.07) is 12.6. The van der Waals surface area contributed by atoms with Crippen molar-refractivity contribution in [1.82, 2.24) is 4.98 Å². The summed E-state index contributed by atoms with van der Waals surface area (Å²) in [5.74, 6) is 0.457. The molecule has 1 heterocycles. The highest BCUT2D eigenvalue weighted by Gasteiger charge is 2.21. The van der Waals surface area contributed by atoms with Crippen LogP contribution >= 0.6 is 0 Å². The first-order valence-electron chi connectivity index (χ1n) is 7.70. The van der Waals surface area contributed by atoms with Gasteiger partial charge in [-0.2, -0.15) is 0 Å². The van der Waals surface area contributed by atoms with Crippen LogP contribution in [0.3, 0.4) is 0 Å². The molecule has 0 bridgehead atoms. The third-order valence-corrected chi connectivity index (χ3v) is 4.24. The smallest absolute Gasteiger partial charge is 0.133 e. The molecule has 1 atom stereocenters. The first-order valence-corrected chi connectivity index (χ1v) is 7.70. The van der Waals surface area contributed by atoms with E-state index in [9.17, 15) is 4.79 Å². The van der Waals surface area contributed by atoms with Gasteiger partial charge in [-0.15, -0.1) is 0 Å². The van der Waals surface area contributed by atoms with E-state index in [0.29, 0.717) is 18.6 Å². The van der Waals surface area contributed by atoms with E-state index in [-0.39, 0.29) is 5.92 Å². The van der Waals surface area contributed by atoms with E-state index in [0.717, 1.165) is 12.8 Å². The molecule has 1 N–H and O–H groups in total. The number of hydrogen-bond donors (Lipinski definition) is 1. The molecular weight excluding hydrogens is 258 g/mol. The molecule has 3 rings (SSSR count). The highest BCUT2D eigenvalue weighted by Crippen LogP contribution is 2.31. The Morgan fingerprint density at radius 3 is 2.67 bits per heavy atom. The van der Waals surface area contributed by atoms with Gasteiger partial charge in [0, 0.05) is 36.6 Å². The second-order valence-electron chi connectivity index (χ2n) is 5.67. The molecule has 0 aliphatic heterocycles. The van der Waals surface area contributed by atoms with Gasteiger partial charge >= 0.3 is 0 Å². The average Bonchev–Trinajstić information content (AvgIpc) is 2.96. The molecule has 108 valence electrons. The number of allylic oxidation sites excluding steroid dienone is 2. The Morgan fingerprint density at radius 1 is 1.19 bits per heavy atom. The zero-order valence-corrected chi connectivity index (χ0v) is 12.4. The minimum atomic E-state index is 0.143. The SMILES string of the molecule is CCC(=O)C[C@H](c1ccccc1)c1cc2c([nH]1)CC=CC2. The summed E-state index contributed by atoms with van der Waals surface area (Å²) < 4.78 is 0. The molecule has 1 aromatic carbocycles. The second kappa shape index (κ2) is 6.13. The number of fused-ring (bicyclic) bond motifs is 1. The minimum absolute atomic E-state index is 0.143. The summed E-state index contributed by atoms with van der Waals surface area (Å²) in [5.41, 5.74) is 5.07. The summed E-state index contributed by atoms with van der Waals surface area (Å²) in [5, 5.41) is 0. The lowest BCUT2D eigenvalue weighted by atomic mass is 9.90. The third kappa shape index (κ3) is 2.99. The number of aromatic amines is 1. The lowest BCUT2D eigenvalue weighted by Crippen LogP contribution is -2.08. The van der Waals surface area contributed by atoms with E-state index in [2.05, 4.69) is 35.3 Å². The van der Waals surface area contributed by atoms with Crippen LogP contribution in [-0.2, 0) is 17.6 Å². The van der Waals surface area contributed by atoms with Crippen LogP contribution in [0.5, 0.6) is 0 Å². The standard InChI is InChI=1S/C19H21NO/c1-2-16(21)13-17(14-8-4-3-5-9-14)19-12-15-10-6-7-11-18(15)20-19/h3-9,12,17,20H,2,10-11,13H2,1H3/t17-/m1/s1. The highest BCUT2D eigenvalue weighted by molar-refractivity contribution is 5.79. The van der Waals surface area contributed by atoms with Crippen LogP contribution in [0, 0.1) is 0 Å². The fraction of sp³-hybridized carbons (Fsp3) is 0.316. The van der Waals surface area contributed by atoms with Crippen molar-refractivity contribution in [1.29, 1.82) is 0 Å². The zero-order valence-electron chi connectivity index (χ0n) is 12.4. The molecule has 0 fully saturated rings. The molecule has 2 heteroatoms. The molecule has 0 saturated carbocycles. The van der Waals surface area contributed by atoms with Crippen molar-refractivity contribution >= 4 is 5.78 Å². The Labute approximate surface area is 125 Å². The van der Waals surface area contributed by atoms with Crippen molar-refractivity contribution in [3.8, 4) is 0 Å². The van der Waals surface area contributed by atoms with Crippen LogP contribution in [0.2, 0.25) is 0 Å². The Morgan fingerprint density at radius 2 is 1.95 bits per heavy atom. The predicted octanol–water partition coefficient (Wildman–Crippen LogP) is 4.17. The molecule has 1 aliphatic carbocycles. The number of rotatable bonds is 5. The summed E-state index contributed by atoms with van der Waals surface area (Å²) in [7, 11) is 0. The number of Topliss-reactive ketones (excluding diaryl/α,β-unsaturated/α-hetero) is 1. The topological polar surface area (TPSA) is 32.9 Å². The highest BCUT2D eigenvalue weighted by atomic mass is 16.1. The molecule has 2 nitrogen and oxygen atoms in total. The van der Waals surface area contributed by atoms with Gasteiger partial charge in [-0.25, -0.2) is 0 Å². The molecule has 1 aromatic heterocycles. The van der Waals surface area contributed by atoms with E-state index >= 15 is 0 Å². The molecular formula is C19H21NO. The summed E-state index contributed by atoms with van der Waals surface area (Å²) in [6.45, 7) is 1.94. The maximum Gasteiger partial charge on any atom is 0.133 e.